The van der Waals surface area contributed by atoms with Crippen molar-refractivity contribution in [3.8, 4) is 0 Å². The van der Waals surface area contributed by atoms with Gasteiger partial charge in [0.25, 0.3) is 0 Å². The molecule has 2 unspecified atom stereocenters. The van der Waals surface area contributed by atoms with E-state index in [1.807, 2.05) is 23.9 Å². The summed E-state index contributed by atoms with van der Waals surface area (Å²) in [5, 5.41) is 4.99. The van der Waals surface area contributed by atoms with Crippen molar-refractivity contribution in [3.63, 3.8) is 0 Å². The van der Waals surface area contributed by atoms with Gasteiger partial charge in [-0.25, -0.2) is 0 Å². The standard InChI is InChI=1S/C14H20ClNS/c1-16-13-8-3-2-4-9-14(13)17-12-7-5-6-11(15)10-12/h5-7,10,13-14,16H,2-4,8-9H2,1H3. The third kappa shape index (κ3) is 3.90. The van der Waals surface area contributed by atoms with Gasteiger partial charge < -0.3 is 5.32 Å². The molecule has 0 spiro atoms. The molecule has 0 saturated heterocycles. The van der Waals surface area contributed by atoms with Gasteiger partial charge in [-0.1, -0.05) is 36.9 Å². The molecule has 17 heavy (non-hydrogen) atoms. The Kier molecular flexibility index (Phi) is 5.20. The van der Waals surface area contributed by atoms with E-state index in [2.05, 4.69) is 24.5 Å². The van der Waals surface area contributed by atoms with Crippen molar-refractivity contribution in [3.05, 3.63) is 29.3 Å². The molecule has 0 radical (unpaired) electrons. The molecule has 1 aliphatic carbocycles. The third-order valence-electron chi connectivity index (χ3n) is 3.41. The molecule has 1 N–H and O–H groups in total. The van der Waals surface area contributed by atoms with E-state index in [4.69, 9.17) is 11.6 Å². The number of thioether (sulfide) groups is 1. The van der Waals surface area contributed by atoms with E-state index < -0.39 is 0 Å². The fraction of sp³-hybridized carbons (Fsp3) is 0.571. The fourth-order valence-corrected chi connectivity index (χ4v) is 4.14. The molecule has 1 saturated carbocycles. The van der Waals surface area contributed by atoms with Crippen molar-refractivity contribution in [1.29, 1.82) is 0 Å². The number of rotatable bonds is 3. The maximum absolute atomic E-state index is 6.04. The Morgan fingerprint density at radius 2 is 2.06 bits per heavy atom. The zero-order valence-electron chi connectivity index (χ0n) is 10.3. The minimum Gasteiger partial charge on any atom is -0.316 e. The summed E-state index contributed by atoms with van der Waals surface area (Å²) in [4.78, 5) is 1.30. The van der Waals surface area contributed by atoms with E-state index in [9.17, 15) is 0 Å². The van der Waals surface area contributed by atoms with E-state index >= 15 is 0 Å². The first-order valence-corrected chi connectivity index (χ1v) is 7.65. The molecule has 1 nitrogen and oxygen atoms in total. The van der Waals surface area contributed by atoms with E-state index in [0.717, 1.165) is 5.02 Å². The molecule has 0 bridgehead atoms. The van der Waals surface area contributed by atoms with Crippen molar-refractivity contribution in [2.75, 3.05) is 7.05 Å². The summed E-state index contributed by atoms with van der Waals surface area (Å²) >= 11 is 8.01. The van der Waals surface area contributed by atoms with Gasteiger partial charge in [0.05, 0.1) is 0 Å². The minimum atomic E-state index is 0.640. The number of benzene rings is 1. The van der Waals surface area contributed by atoms with Crippen molar-refractivity contribution in [2.24, 2.45) is 0 Å². The average molecular weight is 270 g/mol. The monoisotopic (exact) mass is 269 g/mol. The molecule has 1 fully saturated rings. The second-order valence-electron chi connectivity index (χ2n) is 4.65. The van der Waals surface area contributed by atoms with Crippen LogP contribution in [0.15, 0.2) is 29.2 Å². The molecule has 0 aliphatic heterocycles. The molecular weight excluding hydrogens is 250 g/mol. The van der Waals surface area contributed by atoms with Crippen LogP contribution in [-0.2, 0) is 0 Å². The summed E-state index contributed by atoms with van der Waals surface area (Å²) in [5.41, 5.74) is 0. The van der Waals surface area contributed by atoms with E-state index in [1.54, 1.807) is 0 Å². The smallest absolute Gasteiger partial charge is 0.0417 e. The second-order valence-corrected chi connectivity index (χ2v) is 6.40. The van der Waals surface area contributed by atoms with Crippen LogP contribution in [0.5, 0.6) is 0 Å². The first-order valence-electron chi connectivity index (χ1n) is 6.39. The van der Waals surface area contributed by atoms with Gasteiger partial charge in [-0.05, 0) is 38.1 Å². The Bertz CT molecular complexity index is 356. The van der Waals surface area contributed by atoms with Gasteiger partial charge in [-0.15, -0.1) is 11.8 Å². The van der Waals surface area contributed by atoms with Gasteiger partial charge in [0.2, 0.25) is 0 Å². The third-order valence-corrected chi connectivity index (χ3v) is 5.04. The van der Waals surface area contributed by atoms with Crippen LogP contribution in [0.4, 0.5) is 0 Å². The molecule has 2 rings (SSSR count). The first kappa shape index (κ1) is 13.3. The van der Waals surface area contributed by atoms with Gasteiger partial charge in [0.1, 0.15) is 0 Å². The van der Waals surface area contributed by atoms with E-state index in [1.165, 1.54) is 37.0 Å². The van der Waals surface area contributed by atoms with Crippen molar-refractivity contribution in [2.45, 2.75) is 48.3 Å². The van der Waals surface area contributed by atoms with E-state index in [-0.39, 0.29) is 0 Å². The Hall–Kier alpha value is -0.180. The van der Waals surface area contributed by atoms with Crippen molar-refractivity contribution < 1.29 is 0 Å². The molecule has 1 aromatic carbocycles. The molecule has 1 aliphatic rings. The largest absolute Gasteiger partial charge is 0.316 e. The second kappa shape index (κ2) is 6.67. The zero-order chi connectivity index (χ0) is 12.1. The zero-order valence-corrected chi connectivity index (χ0v) is 11.9. The molecule has 3 heteroatoms. The Morgan fingerprint density at radius 1 is 1.24 bits per heavy atom. The first-order chi connectivity index (χ1) is 8.29. The van der Waals surface area contributed by atoms with Crippen LogP contribution in [0.25, 0.3) is 0 Å². The fourth-order valence-electron chi connectivity index (χ4n) is 2.46. The highest BCUT2D eigenvalue weighted by Gasteiger charge is 2.23. The number of halogens is 1. The summed E-state index contributed by atoms with van der Waals surface area (Å²) < 4.78 is 0. The maximum atomic E-state index is 6.04. The summed E-state index contributed by atoms with van der Waals surface area (Å²) in [7, 11) is 2.08. The van der Waals surface area contributed by atoms with Crippen molar-refractivity contribution >= 4 is 23.4 Å². The van der Waals surface area contributed by atoms with Crippen LogP contribution < -0.4 is 5.32 Å². The Balaban J connectivity index is 2.04. The minimum absolute atomic E-state index is 0.640. The number of hydrogen-bond acceptors (Lipinski definition) is 2. The predicted octanol–water partition coefficient (Wildman–Crippen LogP) is 4.35. The van der Waals surface area contributed by atoms with Gasteiger partial charge in [-0.3, -0.25) is 0 Å². The lowest BCUT2D eigenvalue weighted by atomic mass is 10.1. The average Bonchev–Trinajstić information content (AvgIpc) is 2.54. The summed E-state index contributed by atoms with van der Waals surface area (Å²) in [6.07, 6.45) is 6.71. The highest BCUT2D eigenvalue weighted by molar-refractivity contribution is 8.00. The van der Waals surface area contributed by atoms with Gasteiger partial charge >= 0.3 is 0 Å². The highest BCUT2D eigenvalue weighted by atomic mass is 35.5. The lowest BCUT2D eigenvalue weighted by Gasteiger charge is -2.24. The summed E-state index contributed by atoms with van der Waals surface area (Å²) in [6, 6.07) is 8.85. The summed E-state index contributed by atoms with van der Waals surface area (Å²) in [5.74, 6) is 0. The molecule has 0 heterocycles. The van der Waals surface area contributed by atoms with Crippen LogP contribution in [0.2, 0.25) is 5.02 Å². The molecule has 0 aromatic heterocycles. The Morgan fingerprint density at radius 3 is 2.82 bits per heavy atom. The molecular formula is C14H20ClNS. The highest BCUT2D eigenvalue weighted by Crippen LogP contribution is 2.33. The topological polar surface area (TPSA) is 12.0 Å². The number of hydrogen-bond donors (Lipinski definition) is 1. The lowest BCUT2D eigenvalue weighted by molar-refractivity contribution is 0.510. The predicted molar refractivity (Wildman–Crippen MR) is 77.0 cm³/mol. The maximum Gasteiger partial charge on any atom is 0.0417 e. The van der Waals surface area contributed by atoms with Crippen molar-refractivity contribution in [1.82, 2.24) is 5.32 Å². The number of nitrogens with one attached hydrogen (secondary N) is 1. The van der Waals surface area contributed by atoms with Crippen LogP contribution in [0.1, 0.15) is 32.1 Å². The van der Waals surface area contributed by atoms with E-state index in [0.29, 0.717) is 11.3 Å². The van der Waals surface area contributed by atoms with Gasteiger partial charge in [0.15, 0.2) is 0 Å². The van der Waals surface area contributed by atoms with Crippen LogP contribution in [-0.4, -0.2) is 18.3 Å². The summed E-state index contributed by atoms with van der Waals surface area (Å²) in [6.45, 7) is 0. The van der Waals surface area contributed by atoms with Gasteiger partial charge in [-0.2, -0.15) is 0 Å². The molecule has 1 aromatic rings. The normalized spacial score (nSPS) is 25.5. The van der Waals surface area contributed by atoms with Crippen LogP contribution >= 0.6 is 23.4 Å². The van der Waals surface area contributed by atoms with Crippen LogP contribution in [0.3, 0.4) is 0 Å². The Labute approximate surface area is 113 Å². The molecule has 0 amide bonds. The van der Waals surface area contributed by atoms with Crippen LogP contribution in [0, 0.1) is 0 Å². The molecule has 94 valence electrons. The molecule has 2 atom stereocenters. The quantitative estimate of drug-likeness (QED) is 0.819. The van der Waals surface area contributed by atoms with Gasteiger partial charge in [0, 0.05) is 21.2 Å². The SMILES string of the molecule is CNC1CCCCCC1Sc1cccc(Cl)c1. The lowest BCUT2D eigenvalue weighted by Crippen LogP contribution is -2.34.